The lowest BCUT2D eigenvalue weighted by Gasteiger charge is -2.26. The van der Waals surface area contributed by atoms with Crippen molar-refractivity contribution in [2.75, 3.05) is 37.5 Å². The Morgan fingerprint density at radius 1 is 0.912 bits per heavy atom. The molecule has 180 valence electrons. The standard InChI is InChI=1S/C24H25ClN2O6S/c1-16-5-9-19(10-6-16)34(29,30)27(21-11-8-18(31-2)14-23(21)33-4)15-24(28)26-20-13-17(25)7-12-22(20)32-3/h5-14H,15H2,1-4H3,(H,26,28). The normalized spacial score (nSPS) is 11.0. The van der Waals surface area contributed by atoms with E-state index in [2.05, 4.69) is 5.32 Å². The van der Waals surface area contributed by atoms with Gasteiger partial charge in [0.25, 0.3) is 10.0 Å². The fourth-order valence-corrected chi connectivity index (χ4v) is 4.83. The summed E-state index contributed by atoms with van der Waals surface area (Å²) in [6.45, 7) is 1.32. The first-order chi connectivity index (χ1) is 16.2. The lowest BCUT2D eigenvalue weighted by molar-refractivity contribution is -0.114. The Morgan fingerprint density at radius 2 is 1.59 bits per heavy atom. The van der Waals surface area contributed by atoms with E-state index < -0.39 is 22.5 Å². The SMILES string of the molecule is COc1ccc(N(CC(=O)Nc2cc(Cl)ccc2OC)S(=O)(=O)c2ccc(C)cc2)c(OC)c1. The van der Waals surface area contributed by atoms with Gasteiger partial charge in [-0.05, 0) is 49.4 Å². The first-order valence-electron chi connectivity index (χ1n) is 10.1. The minimum atomic E-state index is -4.14. The number of nitrogens with zero attached hydrogens (tertiary/aromatic N) is 1. The van der Waals surface area contributed by atoms with Crippen molar-refractivity contribution in [2.24, 2.45) is 0 Å². The molecule has 1 amide bonds. The first-order valence-corrected chi connectivity index (χ1v) is 12.0. The first kappa shape index (κ1) is 25.2. The van der Waals surface area contributed by atoms with Crippen LogP contribution in [-0.2, 0) is 14.8 Å². The van der Waals surface area contributed by atoms with Gasteiger partial charge in [-0.25, -0.2) is 8.42 Å². The average Bonchev–Trinajstić information content (AvgIpc) is 2.82. The maximum Gasteiger partial charge on any atom is 0.264 e. The van der Waals surface area contributed by atoms with E-state index in [-0.39, 0.29) is 16.3 Å². The van der Waals surface area contributed by atoms with E-state index in [1.165, 1.54) is 45.6 Å². The molecule has 3 rings (SSSR count). The van der Waals surface area contributed by atoms with Crippen molar-refractivity contribution in [1.29, 1.82) is 0 Å². The largest absolute Gasteiger partial charge is 0.497 e. The summed E-state index contributed by atoms with van der Waals surface area (Å²) in [6, 6.07) is 15.8. The molecule has 0 atom stereocenters. The number of amides is 1. The maximum atomic E-state index is 13.6. The average molecular weight is 505 g/mol. The van der Waals surface area contributed by atoms with Crippen LogP contribution in [0.25, 0.3) is 0 Å². The van der Waals surface area contributed by atoms with Gasteiger partial charge in [-0.3, -0.25) is 9.10 Å². The summed E-state index contributed by atoms with van der Waals surface area (Å²) in [7, 11) is 0.210. The number of anilines is 2. The Morgan fingerprint density at radius 3 is 2.21 bits per heavy atom. The Bertz CT molecular complexity index is 1280. The second kappa shape index (κ2) is 10.7. The number of nitrogens with one attached hydrogen (secondary N) is 1. The number of carbonyl (C=O) groups excluding carboxylic acids is 1. The van der Waals surface area contributed by atoms with E-state index in [4.69, 9.17) is 25.8 Å². The number of aryl methyl sites for hydroxylation is 1. The Labute approximate surface area is 204 Å². The van der Waals surface area contributed by atoms with Crippen LogP contribution in [-0.4, -0.2) is 42.2 Å². The van der Waals surface area contributed by atoms with Crippen molar-refractivity contribution < 1.29 is 27.4 Å². The summed E-state index contributed by atoms with van der Waals surface area (Å²) in [4.78, 5) is 13.1. The summed E-state index contributed by atoms with van der Waals surface area (Å²) in [5.41, 5.74) is 1.39. The van der Waals surface area contributed by atoms with Crippen molar-refractivity contribution in [2.45, 2.75) is 11.8 Å². The van der Waals surface area contributed by atoms with Crippen molar-refractivity contribution in [3.63, 3.8) is 0 Å². The number of halogens is 1. The number of carbonyl (C=O) groups is 1. The Hall–Kier alpha value is -3.43. The third kappa shape index (κ3) is 5.55. The zero-order valence-electron chi connectivity index (χ0n) is 19.2. The minimum Gasteiger partial charge on any atom is -0.497 e. The van der Waals surface area contributed by atoms with Crippen LogP contribution in [0.1, 0.15) is 5.56 Å². The van der Waals surface area contributed by atoms with Crippen LogP contribution < -0.4 is 23.8 Å². The Kier molecular flexibility index (Phi) is 7.90. The Balaban J connectivity index is 2.05. The van der Waals surface area contributed by atoms with Crippen LogP contribution in [0.3, 0.4) is 0 Å². The highest BCUT2D eigenvalue weighted by molar-refractivity contribution is 7.92. The molecule has 1 N–H and O–H groups in total. The van der Waals surface area contributed by atoms with Crippen LogP contribution in [0, 0.1) is 6.92 Å². The van der Waals surface area contributed by atoms with E-state index in [0.717, 1.165) is 9.87 Å². The van der Waals surface area contributed by atoms with Gasteiger partial charge in [0.1, 0.15) is 23.8 Å². The fraction of sp³-hybridized carbons (Fsp3) is 0.208. The van der Waals surface area contributed by atoms with E-state index in [9.17, 15) is 13.2 Å². The maximum absolute atomic E-state index is 13.6. The molecule has 0 bridgehead atoms. The number of hydrogen-bond donors (Lipinski definition) is 1. The highest BCUT2D eigenvalue weighted by atomic mass is 35.5. The molecule has 8 nitrogen and oxygen atoms in total. The van der Waals surface area contributed by atoms with Gasteiger partial charge >= 0.3 is 0 Å². The third-order valence-corrected chi connectivity index (χ3v) is 7.00. The summed E-state index contributed by atoms with van der Waals surface area (Å²) < 4.78 is 44.2. The second-order valence-electron chi connectivity index (χ2n) is 7.26. The smallest absolute Gasteiger partial charge is 0.264 e. The van der Waals surface area contributed by atoms with Gasteiger partial charge in [0.2, 0.25) is 5.91 Å². The number of sulfonamides is 1. The monoisotopic (exact) mass is 504 g/mol. The third-order valence-electron chi connectivity index (χ3n) is 4.99. The van der Waals surface area contributed by atoms with Gasteiger partial charge in [-0.2, -0.15) is 0 Å². The van der Waals surface area contributed by atoms with Gasteiger partial charge in [-0.15, -0.1) is 0 Å². The molecular weight excluding hydrogens is 480 g/mol. The summed E-state index contributed by atoms with van der Waals surface area (Å²) in [6.07, 6.45) is 0. The molecule has 0 unspecified atom stereocenters. The van der Waals surface area contributed by atoms with E-state index in [1.54, 1.807) is 36.4 Å². The molecule has 0 saturated carbocycles. The van der Waals surface area contributed by atoms with Gasteiger partial charge in [0, 0.05) is 11.1 Å². The van der Waals surface area contributed by atoms with Gasteiger partial charge in [0.15, 0.2) is 0 Å². The number of hydrogen-bond acceptors (Lipinski definition) is 6. The number of benzene rings is 3. The molecule has 0 radical (unpaired) electrons. The number of rotatable bonds is 9. The quantitative estimate of drug-likeness (QED) is 0.461. The fourth-order valence-electron chi connectivity index (χ4n) is 3.23. The molecule has 0 aliphatic carbocycles. The topological polar surface area (TPSA) is 94.2 Å². The molecule has 0 saturated heterocycles. The van der Waals surface area contributed by atoms with Gasteiger partial charge < -0.3 is 19.5 Å². The molecule has 0 spiro atoms. The van der Waals surface area contributed by atoms with Crippen molar-refractivity contribution in [3.8, 4) is 17.2 Å². The van der Waals surface area contributed by atoms with E-state index in [0.29, 0.717) is 22.2 Å². The van der Waals surface area contributed by atoms with Crippen LogP contribution >= 0.6 is 11.6 Å². The predicted molar refractivity (Wildman–Crippen MR) is 132 cm³/mol. The summed E-state index contributed by atoms with van der Waals surface area (Å²) in [5, 5.41) is 3.06. The second-order valence-corrected chi connectivity index (χ2v) is 9.55. The van der Waals surface area contributed by atoms with Crippen LogP contribution in [0.5, 0.6) is 17.2 Å². The van der Waals surface area contributed by atoms with E-state index in [1.807, 2.05) is 6.92 Å². The molecule has 10 heteroatoms. The molecule has 0 heterocycles. The zero-order valence-corrected chi connectivity index (χ0v) is 20.7. The van der Waals surface area contributed by atoms with Crippen LogP contribution in [0.2, 0.25) is 5.02 Å². The van der Waals surface area contributed by atoms with Gasteiger partial charge in [-0.1, -0.05) is 29.3 Å². The highest BCUT2D eigenvalue weighted by Gasteiger charge is 2.30. The lowest BCUT2D eigenvalue weighted by atomic mass is 10.2. The van der Waals surface area contributed by atoms with Crippen LogP contribution in [0.15, 0.2) is 65.6 Å². The van der Waals surface area contributed by atoms with Crippen molar-refractivity contribution >= 4 is 38.9 Å². The van der Waals surface area contributed by atoms with Crippen molar-refractivity contribution in [1.82, 2.24) is 0 Å². The zero-order chi connectivity index (χ0) is 24.9. The molecular formula is C24H25ClN2O6S. The predicted octanol–water partition coefficient (Wildman–Crippen LogP) is 4.51. The number of ether oxygens (including phenoxy) is 3. The minimum absolute atomic E-state index is 0.0316. The lowest BCUT2D eigenvalue weighted by Crippen LogP contribution is -2.38. The number of methoxy groups -OCH3 is 3. The molecule has 0 aromatic heterocycles. The molecule has 3 aromatic rings. The van der Waals surface area contributed by atoms with Crippen molar-refractivity contribution in [3.05, 3.63) is 71.2 Å². The van der Waals surface area contributed by atoms with Crippen LogP contribution in [0.4, 0.5) is 11.4 Å². The molecule has 0 aliphatic rings. The summed E-state index contributed by atoms with van der Waals surface area (Å²) >= 11 is 6.05. The molecule has 3 aromatic carbocycles. The molecule has 0 fully saturated rings. The van der Waals surface area contributed by atoms with E-state index >= 15 is 0 Å². The summed E-state index contributed by atoms with van der Waals surface area (Å²) in [5.74, 6) is 0.478. The molecule has 0 aliphatic heterocycles. The highest BCUT2D eigenvalue weighted by Crippen LogP contribution is 2.36. The van der Waals surface area contributed by atoms with Gasteiger partial charge in [0.05, 0.1) is 37.6 Å². The molecule has 34 heavy (non-hydrogen) atoms.